The molecule has 1 saturated heterocycles. The summed E-state index contributed by atoms with van der Waals surface area (Å²) in [6.07, 6.45) is 3.90. The zero-order valence-corrected chi connectivity index (χ0v) is 16.8. The summed E-state index contributed by atoms with van der Waals surface area (Å²) in [5.74, 6) is -0.151. The van der Waals surface area contributed by atoms with Gasteiger partial charge in [0.15, 0.2) is 0 Å². The molecule has 1 amide bonds. The van der Waals surface area contributed by atoms with E-state index in [1.54, 1.807) is 12.1 Å². The SMILES string of the molecule is N#Cc1ccc(N2N=C(C(=O)NN3CCCCC3)CC2c2ccc(Cl)cc2)cc1. The summed E-state index contributed by atoms with van der Waals surface area (Å²) < 4.78 is 0. The number of hydrogen-bond donors (Lipinski definition) is 1. The molecule has 0 aliphatic carbocycles. The maximum Gasteiger partial charge on any atom is 0.281 e. The molecular formula is C22H22ClN5O. The average molecular weight is 408 g/mol. The molecule has 1 N–H and O–H groups in total. The molecule has 7 heteroatoms. The van der Waals surface area contributed by atoms with Crippen molar-refractivity contribution in [1.29, 1.82) is 5.26 Å². The van der Waals surface area contributed by atoms with E-state index in [1.165, 1.54) is 6.42 Å². The fraction of sp³-hybridized carbons (Fsp3) is 0.318. The minimum absolute atomic E-state index is 0.109. The monoisotopic (exact) mass is 407 g/mol. The van der Waals surface area contributed by atoms with E-state index < -0.39 is 0 Å². The Morgan fingerprint density at radius 1 is 1.07 bits per heavy atom. The topological polar surface area (TPSA) is 71.7 Å². The van der Waals surface area contributed by atoms with Crippen LogP contribution in [-0.2, 0) is 4.79 Å². The Hall–Kier alpha value is -2.88. The standard InChI is InChI=1S/C22H22ClN5O/c23-18-8-6-17(7-9-18)21-14-20(22(29)26-27-12-2-1-3-13-27)25-28(21)19-10-4-16(15-24)5-11-19/h4-11,21H,1-3,12-14H2,(H,26,29). The molecule has 2 heterocycles. The Labute approximate surface area is 175 Å². The fourth-order valence-electron chi connectivity index (χ4n) is 3.73. The molecule has 4 rings (SSSR count). The number of nitriles is 1. The first-order valence-corrected chi connectivity index (χ1v) is 10.2. The maximum atomic E-state index is 12.8. The second kappa shape index (κ2) is 8.64. The number of nitrogens with one attached hydrogen (secondary N) is 1. The number of anilines is 1. The van der Waals surface area contributed by atoms with Gasteiger partial charge in [0.2, 0.25) is 0 Å². The van der Waals surface area contributed by atoms with Gasteiger partial charge in [0.25, 0.3) is 5.91 Å². The number of benzene rings is 2. The average Bonchev–Trinajstić information content (AvgIpc) is 3.21. The van der Waals surface area contributed by atoms with E-state index in [4.69, 9.17) is 16.9 Å². The Morgan fingerprint density at radius 3 is 2.41 bits per heavy atom. The first-order chi connectivity index (χ1) is 14.1. The van der Waals surface area contributed by atoms with E-state index in [-0.39, 0.29) is 11.9 Å². The molecule has 148 valence electrons. The van der Waals surface area contributed by atoms with Crippen molar-refractivity contribution >= 4 is 28.9 Å². The molecule has 0 aromatic heterocycles. The van der Waals surface area contributed by atoms with Crippen molar-refractivity contribution in [3.05, 3.63) is 64.7 Å². The van der Waals surface area contributed by atoms with E-state index >= 15 is 0 Å². The molecule has 0 radical (unpaired) electrons. The molecule has 2 aliphatic rings. The van der Waals surface area contributed by atoms with Gasteiger partial charge in [-0.3, -0.25) is 15.2 Å². The summed E-state index contributed by atoms with van der Waals surface area (Å²) in [5.41, 5.74) is 5.96. The van der Waals surface area contributed by atoms with Gasteiger partial charge in [0.1, 0.15) is 5.71 Å². The number of amides is 1. The zero-order chi connectivity index (χ0) is 20.2. The van der Waals surface area contributed by atoms with Crippen LogP contribution < -0.4 is 10.4 Å². The number of nitrogens with zero attached hydrogens (tertiary/aromatic N) is 4. The van der Waals surface area contributed by atoms with Crippen molar-refractivity contribution in [3.8, 4) is 6.07 Å². The molecule has 6 nitrogen and oxygen atoms in total. The van der Waals surface area contributed by atoms with Gasteiger partial charge in [-0.15, -0.1) is 0 Å². The second-order valence-corrected chi connectivity index (χ2v) is 7.75. The number of hydrogen-bond acceptors (Lipinski definition) is 5. The van der Waals surface area contributed by atoms with Crippen LogP contribution in [0.25, 0.3) is 0 Å². The third-order valence-corrected chi connectivity index (χ3v) is 5.56. The van der Waals surface area contributed by atoms with E-state index in [9.17, 15) is 4.79 Å². The van der Waals surface area contributed by atoms with Crippen molar-refractivity contribution in [2.24, 2.45) is 5.10 Å². The van der Waals surface area contributed by atoms with Crippen molar-refractivity contribution < 1.29 is 4.79 Å². The summed E-state index contributed by atoms with van der Waals surface area (Å²) >= 11 is 6.05. The predicted octanol–water partition coefficient (Wildman–Crippen LogP) is 4.04. The number of hydrazine groups is 1. The van der Waals surface area contributed by atoms with Crippen molar-refractivity contribution in [3.63, 3.8) is 0 Å². The molecule has 0 saturated carbocycles. The van der Waals surface area contributed by atoms with Crippen molar-refractivity contribution in [2.45, 2.75) is 31.7 Å². The summed E-state index contributed by atoms with van der Waals surface area (Å²) in [4.78, 5) is 12.8. The van der Waals surface area contributed by atoms with Gasteiger partial charge in [0, 0.05) is 24.5 Å². The van der Waals surface area contributed by atoms with Crippen molar-refractivity contribution in [2.75, 3.05) is 18.1 Å². The van der Waals surface area contributed by atoms with Crippen LogP contribution >= 0.6 is 11.6 Å². The minimum Gasteiger partial charge on any atom is -0.284 e. The number of carbonyl (C=O) groups is 1. The highest BCUT2D eigenvalue weighted by Crippen LogP contribution is 2.35. The molecule has 1 unspecified atom stereocenters. The molecule has 1 atom stereocenters. The molecule has 2 aromatic rings. The van der Waals surface area contributed by atoms with Gasteiger partial charge in [-0.25, -0.2) is 5.01 Å². The third-order valence-electron chi connectivity index (χ3n) is 5.30. The van der Waals surface area contributed by atoms with Crippen LogP contribution in [0.3, 0.4) is 0 Å². The summed E-state index contributed by atoms with van der Waals surface area (Å²) in [6, 6.07) is 16.9. The lowest BCUT2D eigenvalue weighted by Crippen LogP contribution is -2.47. The molecule has 2 aliphatic heterocycles. The quantitative estimate of drug-likeness (QED) is 0.830. The summed E-state index contributed by atoms with van der Waals surface area (Å²) in [7, 11) is 0. The van der Waals surface area contributed by atoms with Gasteiger partial charge in [-0.2, -0.15) is 10.4 Å². The number of hydrazone groups is 1. The molecule has 0 spiro atoms. The molecule has 0 bridgehead atoms. The predicted molar refractivity (Wildman–Crippen MR) is 113 cm³/mol. The lowest BCUT2D eigenvalue weighted by atomic mass is 10.0. The van der Waals surface area contributed by atoms with Gasteiger partial charge in [0.05, 0.1) is 23.4 Å². The maximum absolute atomic E-state index is 12.8. The molecule has 1 fully saturated rings. The number of piperidine rings is 1. The van der Waals surface area contributed by atoms with Gasteiger partial charge in [-0.05, 0) is 54.8 Å². The third kappa shape index (κ3) is 4.42. The van der Waals surface area contributed by atoms with Gasteiger partial charge >= 0.3 is 0 Å². The summed E-state index contributed by atoms with van der Waals surface area (Å²) in [6.45, 7) is 1.75. The zero-order valence-electron chi connectivity index (χ0n) is 16.0. The van der Waals surface area contributed by atoms with Crippen LogP contribution in [0.2, 0.25) is 5.02 Å². The largest absolute Gasteiger partial charge is 0.284 e. The first kappa shape index (κ1) is 19.4. The smallest absolute Gasteiger partial charge is 0.281 e. The lowest BCUT2D eigenvalue weighted by molar-refractivity contribution is -0.119. The van der Waals surface area contributed by atoms with Crippen LogP contribution in [-0.4, -0.2) is 29.7 Å². The number of rotatable bonds is 4. The Kier molecular flexibility index (Phi) is 5.79. The van der Waals surface area contributed by atoms with Crippen LogP contribution in [0.15, 0.2) is 53.6 Å². The Bertz CT molecular complexity index is 943. The summed E-state index contributed by atoms with van der Waals surface area (Å²) in [5, 5.41) is 18.2. The van der Waals surface area contributed by atoms with Crippen molar-refractivity contribution in [1.82, 2.24) is 10.4 Å². The normalized spacial score (nSPS) is 19.5. The fourth-order valence-corrected chi connectivity index (χ4v) is 3.86. The van der Waals surface area contributed by atoms with Gasteiger partial charge < -0.3 is 0 Å². The minimum atomic E-state index is -0.151. The highest BCUT2D eigenvalue weighted by molar-refractivity contribution is 6.39. The molecule has 2 aromatic carbocycles. The lowest BCUT2D eigenvalue weighted by Gasteiger charge is -2.26. The Morgan fingerprint density at radius 2 is 1.76 bits per heavy atom. The van der Waals surface area contributed by atoms with Crippen LogP contribution in [0.4, 0.5) is 5.69 Å². The number of halogens is 1. The second-order valence-electron chi connectivity index (χ2n) is 7.31. The van der Waals surface area contributed by atoms with Crippen LogP contribution in [0.1, 0.15) is 42.9 Å². The highest BCUT2D eigenvalue weighted by Gasteiger charge is 2.33. The van der Waals surface area contributed by atoms with E-state index in [0.29, 0.717) is 22.7 Å². The van der Waals surface area contributed by atoms with E-state index in [1.807, 2.05) is 46.4 Å². The molecular weight excluding hydrogens is 386 g/mol. The van der Waals surface area contributed by atoms with Crippen LogP contribution in [0.5, 0.6) is 0 Å². The van der Waals surface area contributed by atoms with E-state index in [2.05, 4.69) is 16.6 Å². The van der Waals surface area contributed by atoms with E-state index in [0.717, 1.165) is 37.2 Å². The first-order valence-electron chi connectivity index (χ1n) is 9.82. The van der Waals surface area contributed by atoms with Gasteiger partial charge in [-0.1, -0.05) is 30.2 Å². The Balaban J connectivity index is 1.59. The molecule has 29 heavy (non-hydrogen) atoms. The number of carbonyl (C=O) groups excluding carboxylic acids is 1. The highest BCUT2D eigenvalue weighted by atomic mass is 35.5. The van der Waals surface area contributed by atoms with Crippen LogP contribution in [0, 0.1) is 11.3 Å².